The highest BCUT2D eigenvalue weighted by atomic mass is 35.5. The van der Waals surface area contributed by atoms with Crippen molar-refractivity contribution in [3.8, 4) is 0 Å². The molecule has 0 spiro atoms. The minimum Gasteiger partial charge on any atom is -0.384 e. The SMILES string of the molecule is Cc1c(Cl)cccc1NCCC(=O)Nc1cccc(Cl)c1C. The number of rotatable bonds is 5. The van der Waals surface area contributed by atoms with E-state index in [9.17, 15) is 4.79 Å². The van der Waals surface area contributed by atoms with E-state index < -0.39 is 0 Å². The van der Waals surface area contributed by atoms with E-state index in [-0.39, 0.29) is 5.91 Å². The maximum Gasteiger partial charge on any atom is 0.226 e. The lowest BCUT2D eigenvalue weighted by molar-refractivity contribution is -0.115. The second-order valence-electron chi connectivity index (χ2n) is 5.05. The van der Waals surface area contributed by atoms with Crippen LogP contribution in [0.4, 0.5) is 11.4 Å². The Morgan fingerprint density at radius 3 is 2.14 bits per heavy atom. The van der Waals surface area contributed by atoms with Crippen molar-refractivity contribution >= 4 is 40.5 Å². The summed E-state index contributed by atoms with van der Waals surface area (Å²) in [5.41, 5.74) is 3.54. The van der Waals surface area contributed by atoms with Gasteiger partial charge >= 0.3 is 0 Å². The van der Waals surface area contributed by atoms with Gasteiger partial charge in [0.05, 0.1) is 0 Å². The Morgan fingerprint density at radius 2 is 1.50 bits per heavy atom. The second kappa shape index (κ2) is 7.52. The van der Waals surface area contributed by atoms with Gasteiger partial charge in [0, 0.05) is 34.4 Å². The summed E-state index contributed by atoms with van der Waals surface area (Å²) >= 11 is 12.1. The lowest BCUT2D eigenvalue weighted by Crippen LogP contribution is -2.17. The fourth-order valence-electron chi connectivity index (χ4n) is 2.07. The van der Waals surface area contributed by atoms with Gasteiger partial charge in [-0.3, -0.25) is 4.79 Å². The van der Waals surface area contributed by atoms with Crippen LogP contribution in [0, 0.1) is 13.8 Å². The maximum atomic E-state index is 12.0. The first-order valence-electron chi connectivity index (χ1n) is 7.03. The predicted octanol–water partition coefficient (Wildman–Crippen LogP) is 5.05. The summed E-state index contributed by atoms with van der Waals surface area (Å²) < 4.78 is 0. The van der Waals surface area contributed by atoms with Crippen LogP contribution < -0.4 is 10.6 Å². The highest BCUT2D eigenvalue weighted by Gasteiger charge is 2.07. The van der Waals surface area contributed by atoms with Gasteiger partial charge in [-0.1, -0.05) is 35.3 Å². The lowest BCUT2D eigenvalue weighted by atomic mass is 10.2. The van der Waals surface area contributed by atoms with Gasteiger partial charge in [-0.05, 0) is 49.2 Å². The molecule has 5 heteroatoms. The van der Waals surface area contributed by atoms with Gasteiger partial charge in [0.2, 0.25) is 5.91 Å². The number of carbonyl (C=O) groups is 1. The third-order valence-corrected chi connectivity index (χ3v) is 4.30. The molecule has 2 aromatic rings. The minimum atomic E-state index is -0.0578. The van der Waals surface area contributed by atoms with Gasteiger partial charge in [-0.25, -0.2) is 0 Å². The molecule has 3 nitrogen and oxygen atoms in total. The molecule has 2 N–H and O–H groups in total. The standard InChI is InChI=1S/C17H18Cl2N2O/c1-11-13(18)5-3-7-15(11)20-10-9-17(22)21-16-8-4-6-14(19)12(16)2/h3-8,20H,9-10H2,1-2H3,(H,21,22). The smallest absolute Gasteiger partial charge is 0.226 e. The number of hydrogen-bond donors (Lipinski definition) is 2. The minimum absolute atomic E-state index is 0.0578. The van der Waals surface area contributed by atoms with Crippen LogP contribution in [0.3, 0.4) is 0 Å². The molecule has 0 unspecified atom stereocenters. The normalized spacial score (nSPS) is 10.4. The fourth-order valence-corrected chi connectivity index (χ4v) is 2.41. The number of halogens is 2. The number of hydrogen-bond acceptors (Lipinski definition) is 2. The summed E-state index contributed by atoms with van der Waals surface area (Å²) in [5.74, 6) is -0.0578. The summed E-state index contributed by atoms with van der Waals surface area (Å²) in [6, 6.07) is 11.1. The monoisotopic (exact) mass is 336 g/mol. The molecule has 0 atom stereocenters. The number of nitrogens with one attached hydrogen (secondary N) is 2. The molecule has 0 radical (unpaired) electrons. The van der Waals surface area contributed by atoms with Crippen LogP contribution in [0.1, 0.15) is 17.5 Å². The summed E-state index contributed by atoms with van der Waals surface area (Å²) in [7, 11) is 0. The average Bonchev–Trinajstić information content (AvgIpc) is 2.48. The van der Waals surface area contributed by atoms with Crippen LogP contribution >= 0.6 is 23.2 Å². The topological polar surface area (TPSA) is 41.1 Å². The summed E-state index contributed by atoms with van der Waals surface area (Å²) in [6.07, 6.45) is 0.359. The van der Waals surface area contributed by atoms with E-state index in [1.54, 1.807) is 6.07 Å². The van der Waals surface area contributed by atoms with Gasteiger partial charge in [0.1, 0.15) is 0 Å². The first-order chi connectivity index (χ1) is 10.5. The number of carbonyl (C=O) groups excluding carboxylic acids is 1. The quantitative estimate of drug-likeness (QED) is 0.801. The van der Waals surface area contributed by atoms with E-state index in [0.29, 0.717) is 23.0 Å². The number of amides is 1. The number of benzene rings is 2. The lowest BCUT2D eigenvalue weighted by Gasteiger charge is -2.12. The zero-order valence-electron chi connectivity index (χ0n) is 12.5. The molecule has 0 heterocycles. The molecule has 0 aromatic heterocycles. The predicted molar refractivity (Wildman–Crippen MR) is 94.1 cm³/mol. The van der Waals surface area contributed by atoms with Gasteiger partial charge in [0.15, 0.2) is 0 Å². The Hall–Kier alpha value is -1.71. The van der Waals surface area contributed by atoms with Crippen LogP contribution in [-0.2, 0) is 4.79 Å². The van der Waals surface area contributed by atoms with Crippen LogP contribution in [0.25, 0.3) is 0 Å². The van der Waals surface area contributed by atoms with Crippen molar-refractivity contribution in [3.05, 3.63) is 57.6 Å². The van der Waals surface area contributed by atoms with E-state index in [2.05, 4.69) is 10.6 Å². The highest BCUT2D eigenvalue weighted by molar-refractivity contribution is 6.32. The van der Waals surface area contributed by atoms with Crippen molar-refractivity contribution in [3.63, 3.8) is 0 Å². The summed E-state index contributed by atoms with van der Waals surface area (Å²) in [4.78, 5) is 12.0. The molecule has 0 aliphatic carbocycles. The molecule has 2 aromatic carbocycles. The molecule has 0 aliphatic heterocycles. The van der Waals surface area contributed by atoms with Gasteiger partial charge in [-0.2, -0.15) is 0 Å². The molecule has 0 saturated heterocycles. The summed E-state index contributed by atoms with van der Waals surface area (Å²) in [5, 5.41) is 7.45. The first kappa shape index (κ1) is 16.7. The Morgan fingerprint density at radius 1 is 0.955 bits per heavy atom. The van der Waals surface area contributed by atoms with Gasteiger partial charge in [-0.15, -0.1) is 0 Å². The highest BCUT2D eigenvalue weighted by Crippen LogP contribution is 2.24. The van der Waals surface area contributed by atoms with Gasteiger partial charge in [0.25, 0.3) is 0 Å². The average molecular weight is 337 g/mol. The van der Waals surface area contributed by atoms with Crippen LogP contribution in [0.2, 0.25) is 10.0 Å². The molecular weight excluding hydrogens is 319 g/mol. The largest absolute Gasteiger partial charge is 0.384 e. The molecule has 22 heavy (non-hydrogen) atoms. The fraction of sp³-hybridized carbons (Fsp3) is 0.235. The van der Waals surface area contributed by atoms with Gasteiger partial charge < -0.3 is 10.6 Å². The second-order valence-corrected chi connectivity index (χ2v) is 5.86. The Balaban J connectivity index is 1.88. The summed E-state index contributed by atoms with van der Waals surface area (Å²) in [6.45, 7) is 4.36. The zero-order chi connectivity index (χ0) is 16.1. The van der Waals surface area contributed by atoms with Crippen molar-refractivity contribution in [1.29, 1.82) is 0 Å². The third-order valence-electron chi connectivity index (χ3n) is 3.48. The van der Waals surface area contributed by atoms with Crippen LogP contribution in [0.15, 0.2) is 36.4 Å². The maximum absolute atomic E-state index is 12.0. The molecule has 0 fully saturated rings. The molecule has 1 amide bonds. The van der Waals surface area contributed by atoms with E-state index >= 15 is 0 Å². The number of anilines is 2. The van der Waals surface area contributed by atoms with Crippen molar-refractivity contribution in [2.45, 2.75) is 20.3 Å². The zero-order valence-corrected chi connectivity index (χ0v) is 14.1. The molecule has 2 rings (SSSR count). The Kier molecular flexibility index (Phi) is 5.69. The molecule has 0 saturated carbocycles. The molecule has 116 valence electrons. The van der Waals surface area contributed by atoms with Crippen molar-refractivity contribution < 1.29 is 4.79 Å². The van der Waals surface area contributed by atoms with Crippen LogP contribution in [0.5, 0.6) is 0 Å². The van der Waals surface area contributed by atoms with Crippen LogP contribution in [-0.4, -0.2) is 12.5 Å². The Bertz CT molecular complexity index is 686. The molecular formula is C17H18Cl2N2O. The van der Waals surface area contributed by atoms with E-state index in [4.69, 9.17) is 23.2 Å². The molecule has 0 aliphatic rings. The van der Waals surface area contributed by atoms with Crippen molar-refractivity contribution in [2.75, 3.05) is 17.2 Å². The van der Waals surface area contributed by atoms with Crippen molar-refractivity contribution in [1.82, 2.24) is 0 Å². The first-order valence-corrected chi connectivity index (χ1v) is 7.78. The Labute approximate surface area is 140 Å². The van der Waals surface area contributed by atoms with E-state index in [0.717, 1.165) is 22.5 Å². The van der Waals surface area contributed by atoms with E-state index in [1.165, 1.54) is 0 Å². The van der Waals surface area contributed by atoms with E-state index in [1.807, 2.05) is 44.2 Å². The van der Waals surface area contributed by atoms with Crippen molar-refractivity contribution in [2.24, 2.45) is 0 Å². The molecule has 0 bridgehead atoms. The third kappa shape index (κ3) is 4.15.